The molecule has 1 N–H and O–H groups in total. The summed E-state index contributed by atoms with van der Waals surface area (Å²) in [5.74, 6) is -0.441. The average molecular weight is 395 g/mol. The Labute approximate surface area is 158 Å². The number of ketones is 1. The predicted molar refractivity (Wildman–Crippen MR) is 98.1 cm³/mol. The first kappa shape index (κ1) is 17.5. The third-order valence-electron chi connectivity index (χ3n) is 3.36. The molecule has 1 heterocycles. The lowest BCUT2D eigenvalue weighted by Gasteiger charge is -2.09. The summed E-state index contributed by atoms with van der Waals surface area (Å²) < 4.78 is 1.29. The number of phenols is 1. The molecular formula is C17H10Cl3N3O2. The number of rotatable bonds is 4. The van der Waals surface area contributed by atoms with Crippen LogP contribution in [0.1, 0.15) is 15.9 Å². The van der Waals surface area contributed by atoms with Gasteiger partial charge in [-0.2, -0.15) is 5.10 Å². The Kier molecular flexibility index (Phi) is 5.08. The Hall–Kier alpha value is -2.34. The number of aromatic hydroxyl groups is 1. The van der Waals surface area contributed by atoms with Gasteiger partial charge >= 0.3 is 0 Å². The number of nitrogens with zero attached hydrogens (tertiary/aromatic N) is 3. The van der Waals surface area contributed by atoms with E-state index in [1.807, 2.05) is 0 Å². The maximum absolute atomic E-state index is 13.0. The van der Waals surface area contributed by atoms with Crippen molar-refractivity contribution in [2.75, 3.05) is 0 Å². The third kappa shape index (κ3) is 3.85. The van der Waals surface area contributed by atoms with E-state index in [1.165, 1.54) is 47.7 Å². The molecule has 25 heavy (non-hydrogen) atoms. The van der Waals surface area contributed by atoms with Crippen molar-refractivity contribution in [2.45, 2.75) is 0 Å². The summed E-state index contributed by atoms with van der Waals surface area (Å²) in [6, 6.07) is 9.08. The van der Waals surface area contributed by atoms with Gasteiger partial charge in [0, 0.05) is 21.2 Å². The first-order valence-electron chi connectivity index (χ1n) is 7.00. The first-order chi connectivity index (χ1) is 12.0. The second-order valence-electron chi connectivity index (χ2n) is 5.03. The van der Waals surface area contributed by atoms with Gasteiger partial charge in [0.2, 0.25) is 5.78 Å². The molecule has 1 aromatic heterocycles. The second-order valence-corrected chi connectivity index (χ2v) is 6.31. The topological polar surface area (TPSA) is 68.0 Å². The lowest BCUT2D eigenvalue weighted by Crippen LogP contribution is -2.10. The van der Waals surface area contributed by atoms with Gasteiger partial charge in [0.15, 0.2) is 0 Å². The number of allylic oxidation sites excluding steroid dienone is 1. The van der Waals surface area contributed by atoms with E-state index in [0.717, 1.165) is 0 Å². The molecule has 3 rings (SSSR count). The van der Waals surface area contributed by atoms with Gasteiger partial charge in [-0.1, -0.05) is 34.8 Å². The summed E-state index contributed by atoms with van der Waals surface area (Å²) in [6.45, 7) is 0. The number of benzene rings is 2. The van der Waals surface area contributed by atoms with E-state index in [4.69, 9.17) is 34.8 Å². The van der Waals surface area contributed by atoms with Crippen LogP contribution in [0.25, 0.3) is 11.8 Å². The van der Waals surface area contributed by atoms with Crippen molar-refractivity contribution in [1.29, 1.82) is 0 Å². The number of aromatic nitrogens is 3. The lowest BCUT2D eigenvalue weighted by molar-refractivity contribution is 0.105. The van der Waals surface area contributed by atoms with Crippen LogP contribution in [0.5, 0.6) is 5.75 Å². The van der Waals surface area contributed by atoms with E-state index < -0.39 is 5.78 Å². The summed E-state index contributed by atoms with van der Waals surface area (Å²) in [7, 11) is 0. The number of hydrogen-bond donors (Lipinski definition) is 1. The molecule has 0 atom stereocenters. The van der Waals surface area contributed by atoms with E-state index in [9.17, 15) is 9.90 Å². The fourth-order valence-electron chi connectivity index (χ4n) is 2.17. The summed E-state index contributed by atoms with van der Waals surface area (Å²) >= 11 is 18.0. The minimum atomic E-state index is -0.411. The van der Waals surface area contributed by atoms with Crippen LogP contribution in [0.2, 0.25) is 15.1 Å². The van der Waals surface area contributed by atoms with Crippen molar-refractivity contribution < 1.29 is 9.90 Å². The molecule has 0 saturated carbocycles. The zero-order valence-corrected chi connectivity index (χ0v) is 14.8. The SMILES string of the molecule is O=C(C(=Cc1cc(Cl)ccc1O)n1cncn1)c1ccc(Cl)cc1Cl. The zero-order chi connectivity index (χ0) is 18.0. The van der Waals surface area contributed by atoms with Crippen LogP contribution in [0.15, 0.2) is 49.1 Å². The molecule has 0 unspecified atom stereocenters. The number of halogens is 3. The van der Waals surface area contributed by atoms with E-state index in [1.54, 1.807) is 12.1 Å². The summed E-state index contributed by atoms with van der Waals surface area (Å²) in [6.07, 6.45) is 4.13. The normalized spacial score (nSPS) is 11.6. The number of carbonyl (C=O) groups excluding carboxylic acids is 1. The Morgan fingerprint density at radius 3 is 2.48 bits per heavy atom. The van der Waals surface area contributed by atoms with Gasteiger partial charge in [0.25, 0.3) is 0 Å². The van der Waals surface area contributed by atoms with E-state index in [0.29, 0.717) is 15.6 Å². The van der Waals surface area contributed by atoms with Crippen LogP contribution in [-0.4, -0.2) is 25.7 Å². The van der Waals surface area contributed by atoms with Crippen molar-refractivity contribution in [3.8, 4) is 5.75 Å². The van der Waals surface area contributed by atoms with Gasteiger partial charge in [-0.15, -0.1) is 0 Å². The fourth-order valence-corrected chi connectivity index (χ4v) is 2.84. The third-order valence-corrected chi connectivity index (χ3v) is 4.14. The van der Waals surface area contributed by atoms with Gasteiger partial charge in [0.05, 0.1) is 5.02 Å². The predicted octanol–water partition coefficient (Wildman–Crippen LogP) is 4.82. The summed E-state index contributed by atoms with van der Waals surface area (Å²) in [5, 5.41) is 15.1. The van der Waals surface area contributed by atoms with Crippen LogP contribution in [0.3, 0.4) is 0 Å². The van der Waals surface area contributed by atoms with Crippen LogP contribution in [0, 0.1) is 0 Å². The maximum atomic E-state index is 13.0. The standard InChI is InChI=1S/C17H10Cl3N3O2/c18-11-2-4-16(24)10(5-11)6-15(23-9-21-8-22-23)17(25)13-3-1-12(19)7-14(13)20/h1-9,24H. The Morgan fingerprint density at radius 1 is 1.08 bits per heavy atom. The molecule has 126 valence electrons. The molecular weight excluding hydrogens is 385 g/mol. The molecule has 0 spiro atoms. The Balaban J connectivity index is 2.14. The molecule has 5 nitrogen and oxygen atoms in total. The van der Waals surface area contributed by atoms with E-state index in [2.05, 4.69) is 10.1 Å². The lowest BCUT2D eigenvalue weighted by atomic mass is 10.1. The highest BCUT2D eigenvalue weighted by Gasteiger charge is 2.19. The van der Waals surface area contributed by atoms with Crippen molar-refractivity contribution in [3.05, 3.63) is 75.2 Å². The van der Waals surface area contributed by atoms with Crippen LogP contribution < -0.4 is 0 Å². The van der Waals surface area contributed by atoms with Crippen LogP contribution in [-0.2, 0) is 0 Å². The van der Waals surface area contributed by atoms with Gasteiger partial charge in [0.1, 0.15) is 24.1 Å². The van der Waals surface area contributed by atoms with Gasteiger partial charge in [-0.05, 0) is 42.5 Å². The number of hydrogen-bond acceptors (Lipinski definition) is 4. The molecule has 8 heteroatoms. The number of phenolic OH excluding ortho intramolecular Hbond substituents is 1. The molecule has 0 aliphatic rings. The minimum absolute atomic E-state index is 0.0305. The molecule has 0 radical (unpaired) electrons. The van der Waals surface area contributed by atoms with Gasteiger partial charge in [-0.25, -0.2) is 9.67 Å². The van der Waals surface area contributed by atoms with E-state index >= 15 is 0 Å². The molecule has 0 fully saturated rings. The highest BCUT2D eigenvalue weighted by Crippen LogP contribution is 2.28. The molecule has 3 aromatic rings. The first-order valence-corrected chi connectivity index (χ1v) is 8.14. The average Bonchev–Trinajstić information content (AvgIpc) is 3.09. The van der Waals surface area contributed by atoms with Crippen molar-refractivity contribution in [1.82, 2.24) is 14.8 Å². The van der Waals surface area contributed by atoms with Gasteiger partial charge in [-0.3, -0.25) is 4.79 Å². The summed E-state index contributed by atoms with van der Waals surface area (Å²) in [5.41, 5.74) is 0.741. The largest absolute Gasteiger partial charge is 0.507 e. The fraction of sp³-hybridized carbons (Fsp3) is 0. The molecule has 0 amide bonds. The highest BCUT2D eigenvalue weighted by molar-refractivity contribution is 6.40. The van der Waals surface area contributed by atoms with Crippen LogP contribution in [0.4, 0.5) is 0 Å². The highest BCUT2D eigenvalue weighted by atomic mass is 35.5. The maximum Gasteiger partial charge on any atom is 0.212 e. The number of carbonyl (C=O) groups is 1. The Bertz CT molecular complexity index is 969. The molecule has 0 bridgehead atoms. The van der Waals surface area contributed by atoms with Crippen molar-refractivity contribution in [3.63, 3.8) is 0 Å². The molecule has 2 aromatic carbocycles. The monoisotopic (exact) mass is 393 g/mol. The summed E-state index contributed by atoms with van der Waals surface area (Å²) in [4.78, 5) is 16.8. The minimum Gasteiger partial charge on any atom is -0.507 e. The Morgan fingerprint density at radius 2 is 1.80 bits per heavy atom. The van der Waals surface area contributed by atoms with E-state index in [-0.39, 0.29) is 22.0 Å². The second kappa shape index (κ2) is 7.27. The quantitative estimate of drug-likeness (QED) is 0.508. The van der Waals surface area contributed by atoms with Crippen molar-refractivity contribution >= 4 is 52.4 Å². The smallest absolute Gasteiger partial charge is 0.212 e. The number of Topliss-reactive ketones (excluding diaryl/α,β-unsaturated/α-hetero) is 1. The van der Waals surface area contributed by atoms with Crippen molar-refractivity contribution in [2.24, 2.45) is 0 Å². The zero-order valence-electron chi connectivity index (χ0n) is 12.5. The molecule has 0 aliphatic carbocycles. The van der Waals surface area contributed by atoms with Gasteiger partial charge < -0.3 is 5.11 Å². The molecule has 0 saturated heterocycles. The van der Waals surface area contributed by atoms with Crippen LogP contribution >= 0.6 is 34.8 Å². The molecule has 0 aliphatic heterocycles.